The Morgan fingerprint density at radius 3 is 2.80 bits per heavy atom. The van der Waals surface area contributed by atoms with E-state index in [4.69, 9.17) is 15.3 Å². The lowest BCUT2D eigenvalue weighted by molar-refractivity contribution is 0.0651. The van der Waals surface area contributed by atoms with E-state index in [1.807, 2.05) is 0 Å². The van der Waals surface area contributed by atoms with Crippen LogP contribution in [0.1, 0.15) is 48.9 Å². The van der Waals surface area contributed by atoms with Crippen molar-refractivity contribution in [3.05, 3.63) is 23.7 Å². The summed E-state index contributed by atoms with van der Waals surface area (Å²) in [6.45, 7) is 4.43. The highest BCUT2D eigenvalue weighted by Crippen LogP contribution is 2.29. The lowest BCUT2D eigenvalue weighted by Gasteiger charge is -2.38. The van der Waals surface area contributed by atoms with Crippen LogP contribution < -0.4 is 5.73 Å². The molecule has 3 N–H and O–H groups in total. The number of carbonyl (C=O) groups is 1. The van der Waals surface area contributed by atoms with Crippen molar-refractivity contribution in [1.82, 2.24) is 4.90 Å². The average molecular weight is 280 g/mol. The zero-order valence-corrected chi connectivity index (χ0v) is 12.0. The molecule has 0 spiro atoms. The Balaban J connectivity index is 2.05. The molecule has 1 aromatic heterocycles. The van der Waals surface area contributed by atoms with Gasteiger partial charge in [-0.1, -0.05) is 19.8 Å². The Morgan fingerprint density at radius 1 is 1.45 bits per heavy atom. The number of nitrogens with zero attached hydrogens (tertiary/aromatic N) is 1. The molecule has 0 aromatic carbocycles. The van der Waals surface area contributed by atoms with Crippen LogP contribution >= 0.6 is 0 Å². The van der Waals surface area contributed by atoms with E-state index in [9.17, 15) is 4.79 Å². The largest absolute Gasteiger partial charge is 0.475 e. The Bertz CT molecular complexity index is 444. The van der Waals surface area contributed by atoms with E-state index in [1.54, 1.807) is 6.07 Å². The number of carboxylic acid groups (broad SMARTS) is 1. The minimum absolute atomic E-state index is 0.00933. The first-order valence-electron chi connectivity index (χ1n) is 7.41. The van der Waals surface area contributed by atoms with Crippen molar-refractivity contribution in [1.29, 1.82) is 0 Å². The number of hydrogen-bond donors (Lipinski definition) is 2. The van der Waals surface area contributed by atoms with Gasteiger partial charge in [0.25, 0.3) is 0 Å². The molecular weight excluding hydrogens is 256 g/mol. The van der Waals surface area contributed by atoms with E-state index < -0.39 is 5.97 Å². The van der Waals surface area contributed by atoms with Crippen molar-refractivity contribution in [2.24, 2.45) is 11.7 Å². The fourth-order valence-corrected chi connectivity index (χ4v) is 3.19. The van der Waals surface area contributed by atoms with E-state index in [0.717, 1.165) is 13.1 Å². The summed E-state index contributed by atoms with van der Waals surface area (Å²) in [5.74, 6) is 0.245. The van der Waals surface area contributed by atoms with Crippen LogP contribution in [-0.4, -0.2) is 35.1 Å². The van der Waals surface area contributed by atoms with Crippen molar-refractivity contribution >= 4 is 5.97 Å². The van der Waals surface area contributed by atoms with Crippen LogP contribution in [0.5, 0.6) is 0 Å². The van der Waals surface area contributed by atoms with Gasteiger partial charge in [0.1, 0.15) is 5.76 Å². The molecule has 2 rings (SSSR count). The number of hydrogen-bond acceptors (Lipinski definition) is 4. The molecule has 1 aliphatic carbocycles. The maximum absolute atomic E-state index is 10.8. The first-order chi connectivity index (χ1) is 9.65. The fourth-order valence-electron chi connectivity index (χ4n) is 3.19. The Morgan fingerprint density at radius 2 is 2.20 bits per heavy atom. The highest BCUT2D eigenvalue weighted by Gasteiger charge is 2.29. The number of carboxylic acids is 1. The zero-order valence-electron chi connectivity index (χ0n) is 12.0. The molecule has 5 heteroatoms. The van der Waals surface area contributed by atoms with Gasteiger partial charge in [-0.25, -0.2) is 4.79 Å². The SMILES string of the molecule is CCN(Cc1ccc(C(=O)O)o1)C1CCCCC1CN. The Hall–Kier alpha value is -1.33. The van der Waals surface area contributed by atoms with Crippen molar-refractivity contribution in [2.45, 2.75) is 45.2 Å². The molecule has 1 fully saturated rings. The van der Waals surface area contributed by atoms with Gasteiger partial charge < -0.3 is 15.3 Å². The lowest BCUT2D eigenvalue weighted by Crippen LogP contribution is -2.44. The van der Waals surface area contributed by atoms with Crippen LogP contribution in [0.25, 0.3) is 0 Å². The maximum Gasteiger partial charge on any atom is 0.371 e. The molecule has 0 saturated heterocycles. The molecule has 112 valence electrons. The second-order valence-corrected chi connectivity index (χ2v) is 5.48. The quantitative estimate of drug-likeness (QED) is 0.836. The van der Waals surface area contributed by atoms with E-state index >= 15 is 0 Å². The molecule has 0 aliphatic heterocycles. The van der Waals surface area contributed by atoms with E-state index in [0.29, 0.717) is 24.3 Å². The molecule has 1 saturated carbocycles. The van der Waals surface area contributed by atoms with Crippen LogP contribution in [0.15, 0.2) is 16.5 Å². The average Bonchev–Trinajstić information content (AvgIpc) is 2.93. The van der Waals surface area contributed by atoms with E-state index in [-0.39, 0.29) is 5.76 Å². The van der Waals surface area contributed by atoms with E-state index in [1.165, 1.54) is 31.7 Å². The monoisotopic (exact) mass is 280 g/mol. The van der Waals surface area contributed by atoms with Gasteiger partial charge in [-0.3, -0.25) is 4.90 Å². The Kier molecular flexibility index (Phi) is 5.20. The minimum atomic E-state index is -1.02. The summed E-state index contributed by atoms with van der Waals surface area (Å²) in [6, 6.07) is 3.76. The lowest BCUT2D eigenvalue weighted by atomic mass is 9.83. The normalized spacial score (nSPS) is 23.1. The smallest absolute Gasteiger partial charge is 0.371 e. The second kappa shape index (κ2) is 6.90. The van der Waals surface area contributed by atoms with Gasteiger partial charge in [0.15, 0.2) is 0 Å². The minimum Gasteiger partial charge on any atom is -0.475 e. The zero-order chi connectivity index (χ0) is 14.5. The molecule has 20 heavy (non-hydrogen) atoms. The topological polar surface area (TPSA) is 79.7 Å². The summed E-state index contributed by atoms with van der Waals surface area (Å²) in [6.07, 6.45) is 4.87. The predicted molar refractivity (Wildman–Crippen MR) is 76.6 cm³/mol. The van der Waals surface area contributed by atoms with Gasteiger partial charge in [0.2, 0.25) is 5.76 Å². The van der Waals surface area contributed by atoms with Crippen LogP contribution in [0.2, 0.25) is 0 Å². The standard InChI is InChI=1S/C15H24N2O3/c1-2-17(13-6-4-3-5-11(13)9-16)10-12-7-8-14(20-12)15(18)19/h7-8,11,13H,2-6,9-10,16H2,1H3,(H,18,19). The summed E-state index contributed by atoms with van der Waals surface area (Å²) in [5.41, 5.74) is 5.90. The third-order valence-corrected chi connectivity index (χ3v) is 4.28. The number of nitrogens with two attached hydrogens (primary N) is 1. The molecule has 5 nitrogen and oxygen atoms in total. The summed E-state index contributed by atoms with van der Waals surface area (Å²) in [4.78, 5) is 13.2. The molecule has 1 aromatic rings. The van der Waals surface area contributed by atoms with Gasteiger partial charge in [-0.15, -0.1) is 0 Å². The summed E-state index contributed by atoms with van der Waals surface area (Å²) in [5, 5.41) is 8.89. The first-order valence-corrected chi connectivity index (χ1v) is 7.41. The van der Waals surface area contributed by atoms with Gasteiger partial charge in [0.05, 0.1) is 6.54 Å². The van der Waals surface area contributed by atoms with Crippen LogP contribution in [-0.2, 0) is 6.54 Å². The van der Waals surface area contributed by atoms with E-state index in [2.05, 4.69) is 11.8 Å². The van der Waals surface area contributed by atoms with Crippen molar-refractivity contribution in [3.8, 4) is 0 Å². The summed E-state index contributed by atoms with van der Waals surface area (Å²) in [7, 11) is 0. The second-order valence-electron chi connectivity index (χ2n) is 5.48. The third-order valence-electron chi connectivity index (χ3n) is 4.28. The van der Waals surface area contributed by atoms with Crippen LogP contribution in [0.3, 0.4) is 0 Å². The van der Waals surface area contributed by atoms with Gasteiger partial charge in [-0.2, -0.15) is 0 Å². The molecule has 1 heterocycles. The fraction of sp³-hybridized carbons (Fsp3) is 0.667. The highest BCUT2D eigenvalue weighted by atomic mass is 16.4. The van der Waals surface area contributed by atoms with Gasteiger partial charge >= 0.3 is 5.97 Å². The highest BCUT2D eigenvalue weighted by molar-refractivity contribution is 5.84. The molecular formula is C15H24N2O3. The summed E-state index contributed by atoms with van der Waals surface area (Å²) < 4.78 is 5.36. The van der Waals surface area contributed by atoms with Crippen molar-refractivity contribution in [2.75, 3.05) is 13.1 Å². The predicted octanol–water partition coefficient (Wildman–Crippen LogP) is 2.32. The van der Waals surface area contributed by atoms with Crippen LogP contribution in [0, 0.1) is 5.92 Å². The van der Waals surface area contributed by atoms with Crippen molar-refractivity contribution < 1.29 is 14.3 Å². The number of rotatable bonds is 6. The van der Waals surface area contributed by atoms with Crippen LogP contribution in [0.4, 0.5) is 0 Å². The molecule has 2 unspecified atom stereocenters. The maximum atomic E-state index is 10.8. The van der Waals surface area contributed by atoms with Gasteiger partial charge in [0, 0.05) is 6.04 Å². The Labute approximate surface area is 119 Å². The molecule has 0 bridgehead atoms. The molecule has 0 radical (unpaired) electrons. The molecule has 0 amide bonds. The molecule has 1 aliphatic rings. The molecule has 2 atom stereocenters. The number of furan rings is 1. The van der Waals surface area contributed by atoms with Gasteiger partial charge in [-0.05, 0) is 44.0 Å². The first kappa shape index (κ1) is 15.1. The number of aromatic carboxylic acids is 1. The third kappa shape index (κ3) is 3.41. The summed E-state index contributed by atoms with van der Waals surface area (Å²) >= 11 is 0. The van der Waals surface area contributed by atoms with Crippen molar-refractivity contribution in [3.63, 3.8) is 0 Å².